The summed E-state index contributed by atoms with van der Waals surface area (Å²) in [5.41, 5.74) is 1.29. The molecule has 2 aromatic rings. The number of hydrogen-bond donors (Lipinski definition) is 0. The average Bonchev–Trinajstić information content (AvgIpc) is 2.66. The van der Waals surface area contributed by atoms with Crippen LogP contribution in [0.5, 0.6) is 0 Å². The lowest BCUT2D eigenvalue weighted by atomic mass is 10.1. The fraction of sp³-hybridized carbons (Fsp3) is 0.316. The number of halogens is 1. The van der Waals surface area contributed by atoms with Crippen LogP contribution in [0.2, 0.25) is 0 Å². The van der Waals surface area contributed by atoms with E-state index >= 15 is 0 Å². The van der Waals surface area contributed by atoms with E-state index in [4.69, 9.17) is 0 Å². The molecule has 1 saturated heterocycles. The molecule has 0 radical (unpaired) electrons. The molecular formula is C19H21IN2O5S2. The highest BCUT2D eigenvalue weighted by Gasteiger charge is 2.25. The van der Waals surface area contributed by atoms with Crippen LogP contribution >= 0.6 is 22.6 Å². The Morgan fingerprint density at radius 1 is 0.828 bits per heavy atom. The predicted molar refractivity (Wildman–Crippen MR) is 120 cm³/mol. The Kier molecular flexibility index (Phi) is 6.25. The summed E-state index contributed by atoms with van der Waals surface area (Å²) in [7, 11) is -6.62. The number of amides is 1. The average molecular weight is 548 g/mol. The van der Waals surface area contributed by atoms with Crippen LogP contribution in [0.25, 0.3) is 0 Å². The lowest BCUT2D eigenvalue weighted by Gasteiger charge is -2.36. The van der Waals surface area contributed by atoms with Gasteiger partial charge in [0, 0.05) is 47.9 Å². The maximum Gasteiger partial charge on any atom is 0.255 e. The van der Waals surface area contributed by atoms with Gasteiger partial charge in [0.2, 0.25) is 0 Å². The molecule has 156 valence electrons. The van der Waals surface area contributed by atoms with E-state index in [9.17, 15) is 21.6 Å². The Labute approximate surface area is 184 Å². The van der Waals surface area contributed by atoms with Gasteiger partial charge in [-0.15, -0.1) is 0 Å². The number of carbonyl (C=O) groups is 1. The summed E-state index contributed by atoms with van der Waals surface area (Å²) in [6.07, 6.45) is 2.30. The van der Waals surface area contributed by atoms with Crippen molar-refractivity contribution in [3.63, 3.8) is 0 Å². The number of piperazine rings is 1. The van der Waals surface area contributed by atoms with Crippen LogP contribution in [0.15, 0.2) is 52.3 Å². The summed E-state index contributed by atoms with van der Waals surface area (Å²) >= 11 is 2.04. The van der Waals surface area contributed by atoms with E-state index in [2.05, 4.69) is 4.90 Å². The molecule has 1 aliphatic heterocycles. The van der Waals surface area contributed by atoms with Crippen molar-refractivity contribution in [3.8, 4) is 0 Å². The largest absolute Gasteiger partial charge is 0.368 e. The molecule has 7 nitrogen and oxygen atoms in total. The van der Waals surface area contributed by atoms with Crippen molar-refractivity contribution in [1.82, 2.24) is 4.90 Å². The van der Waals surface area contributed by atoms with Crippen molar-refractivity contribution < 1.29 is 21.6 Å². The molecule has 0 spiro atoms. The van der Waals surface area contributed by atoms with E-state index < -0.39 is 19.7 Å². The number of benzene rings is 2. The molecule has 0 unspecified atom stereocenters. The van der Waals surface area contributed by atoms with Gasteiger partial charge in [-0.05, 0) is 65.1 Å². The molecule has 0 bridgehead atoms. The molecule has 0 aliphatic carbocycles. The Balaban J connectivity index is 1.72. The number of sulfone groups is 2. The normalized spacial score (nSPS) is 15.4. The molecule has 10 heteroatoms. The van der Waals surface area contributed by atoms with Gasteiger partial charge in [-0.1, -0.05) is 0 Å². The monoisotopic (exact) mass is 548 g/mol. The van der Waals surface area contributed by atoms with Crippen LogP contribution in [0.4, 0.5) is 5.69 Å². The van der Waals surface area contributed by atoms with Crippen LogP contribution < -0.4 is 4.90 Å². The van der Waals surface area contributed by atoms with E-state index in [0.717, 1.165) is 11.9 Å². The van der Waals surface area contributed by atoms with Gasteiger partial charge in [0.05, 0.1) is 15.4 Å². The fourth-order valence-corrected chi connectivity index (χ4v) is 4.98. The van der Waals surface area contributed by atoms with Gasteiger partial charge in [0.15, 0.2) is 19.7 Å². The number of hydrogen-bond acceptors (Lipinski definition) is 6. The number of anilines is 1. The van der Waals surface area contributed by atoms with Gasteiger partial charge in [0.1, 0.15) is 0 Å². The molecular weight excluding hydrogens is 527 g/mol. The van der Waals surface area contributed by atoms with Gasteiger partial charge in [-0.25, -0.2) is 16.8 Å². The summed E-state index contributed by atoms with van der Waals surface area (Å²) in [5, 5.41) is 0. The first kappa shape index (κ1) is 22.0. The van der Waals surface area contributed by atoms with Crippen molar-refractivity contribution in [3.05, 3.63) is 51.6 Å². The van der Waals surface area contributed by atoms with Crippen LogP contribution in [-0.4, -0.2) is 66.3 Å². The third-order valence-electron chi connectivity index (χ3n) is 4.79. The molecule has 0 N–H and O–H groups in total. The van der Waals surface area contributed by atoms with E-state index in [1.165, 1.54) is 18.4 Å². The van der Waals surface area contributed by atoms with Gasteiger partial charge < -0.3 is 9.80 Å². The Hall–Kier alpha value is -1.66. The van der Waals surface area contributed by atoms with Crippen molar-refractivity contribution >= 4 is 53.9 Å². The maximum atomic E-state index is 12.9. The van der Waals surface area contributed by atoms with Crippen LogP contribution in [0, 0.1) is 3.57 Å². The van der Waals surface area contributed by atoms with Crippen molar-refractivity contribution in [1.29, 1.82) is 0 Å². The van der Waals surface area contributed by atoms with Crippen LogP contribution in [0.3, 0.4) is 0 Å². The molecule has 0 aromatic heterocycles. The third-order valence-corrected chi connectivity index (χ3v) is 7.97. The standard InChI is InChI=1S/C19H21IN2O5S2/c1-28(24,25)15-5-3-14(4-6-15)21-9-11-22(12-10-21)19(23)17-13-16(29(2,26)27)7-8-18(17)20/h3-8,13H,9-12H2,1-2H3. The van der Waals surface area contributed by atoms with Gasteiger partial charge >= 0.3 is 0 Å². The van der Waals surface area contributed by atoms with E-state index in [1.54, 1.807) is 35.2 Å². The quantitative estimate of drug-likeness (QED) is 0.544. The van der Waals surface area contributed by atoms with Crippen LogP contribution in [-0.2, 0) is 19.7 Å². The lowest BCUT2D eigenvalue weighted by Crippen LogP contribution is -2.49. The molecule has 3 rings (SSSR count). The summed E-state index contributed by atoms with van der Waals surface area (Å²) in [4.78, 5) is 17.1. The molecule has 0 saturated carbocycles. The zero-order chi connectivity index (χ0) is 21.4. The summed E-state index contributed by atoms with van der Waals surface area (Å²) < 4.78 is 47.5. The fourth-order valence-electron chi connectivity index (χ4n) is 3.14. The molecule has 1 heterocycles. The molecule has 1 fully saturated rings. The van der Waals surface area contributed by atoms with Crippen molar-refractivity contribution in [2.24, 2.45) is 0 Å². The molecule has 1 aliphatic rings. The van der Waals surface area contributed by atoms with Crippen LogP contribution in [0.1, 0.15) is 10.4 Å². The predicted octanol–water partition coefficient (Wildman–Crippen LogP) is 2.06. The number of nitrogens with zero attached hydrogens (tertiary/aromatic N) is 2. The van der Waals surface area contributed by atoms with Gasteiger partial charge in [-0.3, -0.25) is 4.79 Å². The topological polar surface area (TPSA) is 91.8 Å². The Bertz CT molecular complexity index is 1140. The van der Waals surface area contributed by atoms with E-state index in [0.29, 0.717) is 35.3 Å². The zero-order valence-corrected chi connectivity index (χ0v) is 19.8. The highest BCUT2D eigenvalue weighted by atomic mass is 127. The SMILES string of the molecule is CS(=O)(=O)c1ccc(N2CCN(C(=O)c3cc(S(C)(=O)=O)ccc3I)CC2)cc1. The molecule has 0 atom stereocenters. The second-order valence-electron chi connectivity index (χ2n) is 6.96. The first-order chi connectivity index (χ1) is 13.5. The minimum absolute atomic E-state index is 0.130. The second kappa shape index (κ2) is 8.23. The zero-order valence-electron chi connectivity index (χ0n) is 16.0. The summed E-state index contributed by atoms with van der Waals surface area (Å²) in [5.74, 6) is -0.188. The lowest BCUT2D eigenvalue weighted by molar-refractivity contribution is 0.0745. The minimum Gasteiger partial charge on any atom is -0.368 e. The number of rotatable bonds is 4. The minimum atomic E-state index is -3.39. The van der Waals surface area contributed by atoms with Crippen molar-refractivity contribution in [2.75, 3.05) is 43.6 Å². The highest BCUT2D eigenvalue weighted by molar-refractivity contribution is 14.1. The van der Waals surface area contributed by atoms with Gasteiger partial charge in [0.25, 0.3) is 5.91 Å². The van der Waals surface area contributed by atoms with E-state index in [1.807, 2.05) is 22.6 Å². The maximum absolute atomic E-state index is 12.9. The first-order valence-corrected chi connectivity index (χ1v) is 13.7. The smallest absolute Gasteiger partial charge is 0.255 e. The third kappa shape index (κ3) is 5.10. The Morgan fingerprint density at radius 3 is 1.86 bits per heavy atom. The highest BCUT2D eigenvalue weighted by Crippen LogP contribution is 2.23. The van der Waals surface area contributed by atoms with Crippen molar-refractivity contribution in [2.45, 2.75) is 9.79 Å². The molecule has 2 aromatic carbocycles. The molecule has 29 heavy (non-hydrogen) atoms. The second-order valence-corrected chi connectivity index (χ2v) is 12.2. The number of carbonyl (C=O) groups excluding carboxylic acids is 1. The van der Waals surface area contributed by atoms with E-state index in [-0.39, 0.29) is 15.7 Å². The molecule has 1 amide bonds. The van der Waals surface area contributed by atoms with Gasteiger partial charge in [-0.2, -0.15) is 0 Å². The Morgan fingerprint density at radius 2 is 1.34 bits per heavy atom. The first-order valence-electron chi connectivity index (χ1n) is 8.81. The summed E-state index contributed by atoms with van der Waals surface area (Å²) in [6, 6.07) is 11.3. The summed E-state index contributed by atoms with van der Waals surface area (Å²) in [6.45, 7) is 2.19.